The summed E-state index contributed by atoms with van der Waals surface area (Å²) < 4.78 is 0.804. The van der Waals surface area contributed by atoms with Gasteiger partial charge in [-0.15, -0.1) is 0 Å². The summed E-state index contributed by atoms with van der Waals surface area (Å²) in [6, 6.07) is 7.34. The SMILES string of the molecule is C=C(C)N(C)C(=O)c1ccccc1Br. The van der Waals surface area contributed by atoms with Crippen LogP contribution in [-0.2, 0) is 0 Å². The molecule has 0 heterocycles. The zero-order chi connectivity index (χ0) is 10.7. The average Bonchev–Trinajstić information content (AvgIpc) is 2.16. The molecule has 0 spiro atoms. The van der Waals surface area contributed by atoms with Crippen LogP contribution in [0.25, 0.3) is 0 Å². The summed E-state index contributed by atoms with van der Waals surface area (Å²) in [5, 5.41) is 0. The predicted molar refractivity (Wildman–Crippen MR) is 61.0 cm³/mol. The molecule has 0 aliphatic heterocycles. The average molecular weight is 254 g/mol. The van der Waals surface area contributed by atoms with Gasteiger partial charge in [-0.25, -0.2) is 0 Å². The fourth-order valence-corrected chi connectivity index (χ4v) is 1.44. The fraction of sp³-hybridized carbons (Fsp3) is 0.182. The van der Waals surface area contributed by atoms with Crippen molar-refractivity contribution in [3.8, 4) is 0 Å². The topological polar surface area (TPSA) is 20.3 Å². The lowest BCUT2D eigenvalue weighted by molar-refractivity contribution is 0.0836. The van der Waals surface area contributed by atoms with Crippen molar-refractivity contribution < 1.29 is 4.79 Å². The Morgan fingerprint density at radius 3 is 2.50 bits per heavy atom. The monoisotopic (exact) mass is 253 g/mol. The molecule has 1 amide bonds. The Morgan fingerprint density at radius 1 is 1.43 bits per heavy atom. The number of carbonyl (C=O) groups excluding carboxylic acids is 1. The summed E-state index contributed by atoms with van der Waals surface area (Å²) in [5.74, 6) is -0.0509. The lowest BCUT2D eigenvalue weighted by Gasteiger charge is -2.17. The molecule has 0 radical (unpaired) electrons. The number of halogens is 1. The van der Waals surface area contributed by atoms with Crippen LogP contribution in [0, 0.1) is 0 Å². The Morgan fingerprint density at radius 2 is 2.00 bits per heavy atom. The van der Waals surface area contributed by atoms with E-state index in [0.29, 0.717) is 5.56 Å². The van der Waals surface area contributed by atoms with E-state index < -0.39 is 0 Å². The number of carbonyl (C=O) groups is 1. The first-order valence-corrected chi connectivity index (χ1v) is 5.01. The van der Waals surface area contributed by atoms with Gasteiger partial charge in [0, 0.05) is 17.2 Å². The van der Waals surface area contributed by atoms with Crippen LogP contribution in [0.15, 0.2) is 41.0 Å². The van der Waals surface area contributed by atoms with Crippen molar-refractivity contribution in [3.05, 3.63) is 46.6 Å². The van der Waals surface area contributed by atoms with Crippen LogP contribution >= 0.6 is 15.9 Å². The van der Waals surface area contributed by atoms with Crippen LogP contribution in [0.5, 0.6) is 0 Å². The van der Waals surface area contributed by atoms with Crippen molar-refractivity contribution in [2.24, 2.45) is 0 Å². The second kappa shape index (κ2) is 4.42. The maximum Gasteiger partial charge on any atom is 0.258 e. The van der Waals surface area contributed by atoms with Gasteiger partial charge in [0.1, 0.15) is 0 Å². The van der Waals surface area contributed by atoms with Gasteiger partial charge in [0.25, 0.3) is 5.91 Å². The van der Waals surface area contributed by atoms with Gasteiger partial charge in [-0.05, 0) is 35.0 Å². The third kappa shape index (κ3) is 2.23. The molecular formula is C11H12BrNO. The van der Waals surface area contributed by atoms with Crippen LogP contribution in [-0.4, -0.2) is 17.9 Å². The first kappa shape index (κ1) is 11.0. The van der Waals surface area contributed by atoms with Crippen LogP contribution in [0.3, 0.4) is 0 Å². The van der Waals surface area contributed by atoms with Gasteiger partial charge in [0.15, 0.2) is 0 Å². The molecule has 0 saturated carbocycles. The quantitative estimate of drug-likeness (QED) is 0.794. The summed E-state index contributed by atoms with van der Waals surface area (Å²) >= 11 is 3.34. The summed E-state index contributed by atoms with van der Waals surface area (Å²) in [5.41, 5.74) is 1.38. The van der Waals surface area contributed by atoms with E-state index >= 15 is 0 Å². The van der Waals surface area contributed by atoms with Crippen molar-refractivity contribution in [1.82, 2.24) is 4.90 Å². The molecule has 1 rings (SSSR count). The highest BCUT2D eigenvalue weighted by atomic mass is 79.9. The van der Waals surface area contributed by atoms with Crippen molar-refractivity contribution in [3.63, 3.8) is 0 Å². The second-order valence-electron chi connectivity index (χ2n) is 3.08. The Labute approximate surface area is 92.4 Å². The number of hydrogen-bond acceptors (Lipinski definition) is 1. The molecule has 1 aromatic carbocycles. The zero-order valence-corrected chi connectivity index (χ0v) is 9.84. The van der Waals surface area contributed by atoms with E-state index in [2.05, 4.69) is 22.5 Å². The molecule has 2 nitrogen and oxygen atoms in total. The highest BCUT2D eigenvalue weighted by molar-refractivity contribution is 9.10. The molecule has 0 N–H and O–H groups in total. The fourth-order valence-electron chi connectivity index (χ4n) is 0.989. The molecule has 3 heteroatoms. The lowest BCUT2D eigenvalue weighted by atomic mass is 10.2. The van der Waals surface area contributed by atoms with Crippen LogP contribution in [0.4, 0.5) is 0 Å². The van der Waals surface area contributed by atoms with E-state index in [1.807, 2.05) is 18.2 Å². The van der Waals surface area contributed by atoms with E-state index in [9.17, 15) is 4.79 Å². The third-order valence-corrected chi connectivity index (χ3v) is 2.67. The molecule has 0 aliphatic carbocycles. The Bertz CT molecular complexity index is 373. The Kier molecular flexibility index (Phi) is 3.47. The standard InChI is InChI=1S/C11H12BrNO/c1-8(2)13(3)11(14)9-6-4-5-7-10(9)12/h4-7H,1H2,2-3H3. The van der Waals surface area contributed by atoms with Gasteiger partial charge in [-0.1, -0.05) is 18.7 Å². The van der Waals surface area contributed by atoms with Crippen LogP contribution in [0.2, 0.25) is 0 Å². The van der Waals surface area contributed by atoms with Crippen molar-refractivity contribution in [1.29, 1.82) is 0 Å². The van der Waals surface area contributed by atoms with Gasteiger partial charge in [-0.3, -0.25) is 4.79 Å². The highest BCUT2D eigenvalue weighted by Gasteiger charge is 2.13. The Balaban J connectivity index is 3.01. The predicted octanol–water partition coefficient (Wildman–Crippen LogP) is 3.05. The van der Waals surface area contributed by atoms with Gasteiger partial charge in [-0.2, -0.15) is 0 Å². The van der Waals surface area contributed by atoms with Gasteiger partial charge >= 0.3 is 0 Å². The van der Waals surface area contributed by atoms with E-state index in [1.165, 1.54) is 4.90 Å². The Hall–Kier alpha value is -1.09. The first-order chi connectivity index (χ1) is 6.54. The summed E-state index contributed by atoms with van der Waals surface area (Å²) in [4.78, 5) is 13.4. The molecule has 1 aromatic rings. The van der Waals surface area contributed by atoms with Gasteiger partial charge in [0.2, 0.25) is 0 Å². The van der Waals surface area contributed by atoms with Crippen molar-refractivity contribution >= 4 is 21.8 Å². The van der Waals surface area contributed by atoms with E-state index in [1.54, 1.807) is 20.0 Å². The van der Waals surface area contributed by atoms with E-state index in [-0.39, 0.29) is 5.91 Å². The van der Waals surface area contributed by atoms with Gasteiger partial charge in [0.05, 0.1) is 5.56 Å². The maximum atomic E-state index is 11.8. The van der Waals surface area contributed by atoms with E-state index in [4.69, 9.17) is 0 Å². The molecule has 0 unspecified atom stereocenters. The minimum atomic E-state index is -0.0509. The first-order valence-electron chi connectivity index (χ1n) is 4.22. The summed E-state index contributed by atoms with van der Waals surface area (Å²) in [7, 11) is 1.71. The number of benzene rings is 1. The summed E-state index contributed by atoms with van der Waals surface area (Å²) in [6.07, 6.45) is 0. The number of amides is 1. The summed E-state index contributed by atoms with van der Waals surface area (Å²) in [6.45, 7) is 5.52. The number of allylic oxidation sites excluding steroid dienone is 1. The number of nitrogens with zero attached hydrogens (tertiary/aromatic N) is 1. The molecule has 0 bridgehead atoms. The zero-order valence-electron chi connectivity index (χ0n) is 8.25. The largest absolute Gasteiger partial charge is 0.316 e. The third-order valence-electron chi connectivity index (χ3n) is 1.98. The number of rotatable bonds is 2. The molecule has 0 aliphatic rings. The molecule has 74 valence electrons. The molecule has 0 aromatic heterocycles. The smallest absolute Gasteiger partial charge is 0.258 e. The van der Waals surface area contributed by atoms with Crippen molar-refractivity contribution in [2.75, 3.05) is 7.05 Å². The highest BCUT2D eigenvalue weighted by Crippen LogP contribution is 2.18. The molecule has 0 fully saturated rings. The molecule has 0 saturated heterocycles. The number of hydrogen-bond donors (Lipinski definition) is 0. The second-order valence-corrected chi connectivity index (χ2v) is 3.93. The molecular weight excluding hydrogens is 242 g/mol. The normalized spacial score (nSPS) is 9.64. The lowest BCUT2D eigenvalue weighted by Crippen LogP contribution is -2.24. The minimum absolute atomic E-state index is 0.0509. The molecule has 0 atom stereocenters. The van der Waals surface area contributed by atoms with Crippen molar-refractivity contribution in [2.45, 2.75) is 6.92 Å². The molecule has 14 heavy (non-hydrogen) atoms. The minimum Gasteiger partial charge on any atom is -0.316 e. The van der Waals surface area contributed by atoms with E-state index in [0.717, 1.165) is 10.2 Å². The van der Waals surface area contributed by atoms with Gasteiger partial charge < -0.3 is 4.90 Å². The van der Waals surface area contributed by atoms with Crippen LogP contribution < -0.4 is 0 Å². The van der Waals surface area contributed by atoms with Crippen LogP contribution in [0.1, 0.15) is 17.3 Å². The maximum absolute atomic E-state index is 11.8.